The highest BCUT2D eigenvalue weighted by Crippen LogP contribution is 2.33. The summed E-state index contributed by atoms with van der Waals surface area (Å²) < 4.78 is 0. The van der Waals surface area contributed by atoms with Crippen molar-refractivity contribution in [2.75, 3.05) is 7.05 Å². The molecule has 0 radical (unpaired) electrons. The first kappa shape index (κ1) is 12.7. The monoisotopic (exact) mass is 271 g/mol. The van der Waals surface area contributed by atoms with E-state index in [1.807, 2.05) is 25.2 Å². The summed E-state index contributed by atoms with van der Waals surface area (Å²) in [6, 6.07) is 15.4. The van der Waals surface area contributed by atoms with E-state index >= 15 is 0 Å². The maximum absolute atomic E-state index is 6.08. The highest BCUT2D eigenvalue weighted by molar-refractivity contribution is 6.30. The van der Waals surface area contributed by atoms with Crippen LogP contribution in [0.4, 0.5) is 0 Å². The Morgan fingerprint density at radius 2 is 1.95 bits per heavy atom. The molecule has 0 heterocycles. The Bertz CT molecular complexity index is 592. The molecular weight excluding hydrogens is 254 g/mol. The average Bonchev–Trinajstić information content (AvgIpc) is 2.46. The average molecular weight is 272 g/mol. The molecule has 98 valence electrons. The third kappa shape index (κ3) is 2.54. The van der Waals surface area contributed by atoms with Gasteiger partial charge in [-0.05, 0) is 66.8 Å². The minimum atomic E-state index is 0.489. The van der Waals surface area contributed by atoms with Gasteiger partial charge in [0.05, 0.1) is 0 Å². The summed E-state index contributed by atoms with van der Waals surface area (Å²) in [5.74, 6) is 0. The lowest BCUT2D eigenvalue weighted by Gasteiger charge is -2.25. The van der Waals surface area contributed by atoms with Gasteiger partial charge in [-0.25, -0.2) is 0 Å². The molecule has 3 rings (SSSR count). The predicted octanol–water partition coefficient (Wildman–Crippen LogP) is 4.60. The summed E-state index contributed by atoms with van der Waals surface area (Å²) in [6.07, 6.45) is 3.70. The van der Waals surface area contributed by atoms with E-state index in [0.717, 1.165) is 5.02 Å². The molecular formula is C17H18ClN. The number of hydrogen-bond donors (Lipinski definition) is 1. The Balaban J connectivity index is 2.05. The smallest absolute Gasteiger partial charge is 0.0412 e. The predicted molar refractivity (Wildman–Crippen MR) is 81.6 cm³/mol. The third-order valence-electron chi connectivity index (χ3n) is 3.97. The zero-order chi connectivity index (χ0) is 13.2. The molecule has 0 fully saturated rings. The van der Waals surface area contributed by atoms with Gasteiger partial charge in [0, 0.05) is 11.1 Å². The molecule has 2 heteroatoms. The fourth-order valence-electron chi connectivity index (χ4n) is 2.95. The minimum Gasteiger partial charge on any atom is -0.313 e. The van der Waals surface area contributed by atoms with Crippen molar-refractivity contribution < 1.29 is 0 Å². The zero-order valence-corrected chi connectivity index (χ0v) is 11.9. The normalized spacial score (nSPS) is 18.1. The van der Waals surface area contributed by atoms with Crippen LogP contribution in [0.5, 0.6) is 0 Å². The number of halogens is 1. The van der Waals surface area contributed by atoms with Crippen LogP contribution in [0.25, 0.3) is 11.1 Å². The fourth-order valence-corrected chi connectivity index (χ4v) is 3.14. The lowest BCUT2D eigenvalue weighted by molar-refractivity contribution is 0.497. The van der Waals surface area contributed by atoms with Crippen molar-refractivity contribution >= 4 is 11.6 Å². The molecule has 1 atom stereocenters. The lowest BCUT2D eigenvalue weighted by atomic mass is 9.85. The summed E-state index contributed by atoms with van der Waals surface area (Å²) in [5, 5.41) is 4.22. The summed E-state index contributed by atoms with van der Waals surface area (Å²) in [5.41, 5.74) is 5.38. The number of hydrogen-bond acceptors (Lipinski definition) is 1. The van der Waals surface area contributed by atoms with Crippen LogP contribution in [0.15, 0.2) is 42.5 Å². The van der Waals surface area contributed by atoms with Crippen molar-refractivity contribution in [2.45, 2.75) is 25.3 Å². The first-order valence-electron chi connectivity index (χ1n) is 6.84. The summed E-state index contributed by atoms with van der Waals surface area (Å²) in [7, 11) is 2.05. The van der Waals surface area contributed by atoms with E-state index in [2.05, 4.69) is 29.6 Å². The first-order valence-corrected chi connectivity index (χ1v) is 7.22. The number of rotatable bonds is 2. The van der Waals surface area contributed by atoms with Crippen LogP contribution in [0.2, 0.25) is 5.02 Å². The molecule has 1 aliphatic rings. The maximum atomic E-state index is 6.08. The summed E-state index contributed by atoms with van der Waals surface area (Å²) >= 11 is 6.08. The molecule has 0 bridgehead atoms. The van der Waals surface area contributed by atoms with Gasteiger partial charge in [0.1, 0.15) is 0 Å². The van der Waals surface area contributed by atoms with Crippen LogP contribution in [0.1, 0.15) is 30.0 Å². The van der Waals surface area contributed by atoms with E-state index in [1.54, 1.807) is 0 Å². The Hall–Kier alpha value is -1.31. The Labute approximate surface area is 119 Å². The Kier molecular flexibility index (Phi) is 3.58. The second-order valence-corrected chi connectivity index (χ2v) is 5.59. The van der Waals surface area contributed by atoms with Crippen LogP contribution >= 0.6 is 11.6 Å². The van der Waals surface area contributed by atoms with Gasteiger partial charge in [0.2, 0.25) is 0 Å². The van der Waals surface area contributed by atoms with E-state index in [-0.39, 0.29) is 0 Å². The first-order chi connectivity index (χ1) is 9.28. The van der Waals surface area contributed by atoms with E-state index in [0.29, 0.717) is 6.04 Å². The van der Waals surface area contributed by atoms with Gasteiger partial charge in [-0.1, -0.05) is 35.9 Å². The van der Waals surface area contributed by atoms with E-state index in [4.69, 9.17) is 11.6 Å². The molecule has 1 aliphatic carbocycles. The second kappa shape index (κ2) is 5.36. The molecule has 1 N–H and O–H groups in total. The van der Waals surface area contributed by atoms with Crippen molar-refractivity contribution in [1.29, 1.82) is 0 Å². The SMILES string of the molecule is CNC1CCCc2ccc(-c3cccc(Cl)c3)cc21. The Morgan fingerprint density at radius 3 is 2.74 bits per heavy atom. The standard InChI is InChI=1S/C17H18ClN/c1-19-17-7-3-4-12-8-9-14(11-16(12)17)13-5-2-6-15(18)10-13/h2,5-6,8-11,17,19H,3-4,7H2,1H3. The van der Waals surface area contributed by atoms with Gasteiger partial charge in [0.25, 0.3) is 0 Å². The zero-order valence-electron chi connectivity index (χ0n) is 11.1. The highest BCUT2D eigenvalue weighted by atomic mass is 35.5. The van der Waals surface area contributed by atoms with Crippen LogP contribution in [-0.2, 0) is 6.42 Å². The van der Waals surface area contributed by atoms with Crippen LogP contribution in [-0.4, -0.2) is 7.05 Å². The molecule has 2 aromatic carbocycles. The minimum absolute atomic E-state index is 0.489. The van der Waals surface area contributed by atoms with Gasteiger partial charge in [0.15, 0.2) is 0 Å². The van der Waals surface area contributed by atoms with E-state index in [1.165, 1.54) is 41.5 Å². The molecule has 1 nitrogen and oxygen atoms in total. The van der Waals surface area contributed by atoms with Crippen LogP contribution in [0, 0.1) is 0 Å². The maximum Gasteiger partial charge on any atom is 0.0412 e. The Morgan fingerprint density at radius 1 is 1.11 bits per heavy atom. The number of aryl methyl sites for hydroxylation is 1. The van der Waals surface area contributed by atoms with Gasteiger partial charge in [-0.2, -0.15) is 0 Å². The van der Waals surface area contributed by atoms with Gasteiger partial charge < -0.3 is 5.32 Å². The quantitative estimate of drug-likeness (QED) is 0.841. The van der Waals surface area contributed by atoms with Gasteiger partial charge in [-0.3, -0.25) is 0 Å². The lowest BCUT2D eigenvalue weighted by Crippen LogP contribution is -2.21. The summed E-state index contributed by atoms with van der Waals surface area (Å²) in [6.45, 7) is 0. The second-order valence-electron chi connectivity index (χ2n) is 5.16. The van der Waals surface area contributed by atoms with Crippen molar-refractivity contribution in [1.82, 2.24) is 5.32 Å². The molecule has 0 aliphatic heterocycles. The molecule has 0 saturated heterocycles. The molecule has 19 heavy (non-hydrogen) atoms. The van der Waals surface area contributed by atoms with Gasteiger partial charge >= 0.3 is 0 Å². The largest absolute Gasteiger partial charge is 0.313 e. The summed E-state index contributed by atoms with van der Waals surface area (Å²) in [4.78, 5) is 0. The number of fused-ring (bicyclic) bond motifs is 1. The number of nitrogens with one attached hydrogen (secondary N) is 1. The molecule has 1 unspecified atom stereocenters. The third-order valence-corrected chi connectivity index (χ3v) is 4.20. The van der Waals surface area contributed by atoms with Crippen LogP contribution in [0.3, 0.4) is 0 Å². The van der Waals surface area contributed by atoms with Gasteiger partial charge in [-0.15, -0.1) is 0 Å². The van der Waals surface area contributed by atoms with Crippen molar-refractivity contribution in [3.63, 3.8) is 0 Å². The molecule has 0 spiro atoms. The van der Waals surface area contributed by atoms with Crippen molar-refractivity contribution in [2.24, 2.45) is 0 Å². The molecule has 0 aromatic heterocycles. The van der Waals surface area contributed by atoms with E-state index < -0.39 is 0 Å². The van der Waals surface area contributed by atoms with Crippen LogP contribution < -0.4 is 5.32 Å². The van der Waals surface area contributed by atoms with Crippen molar-refractivity contribution in [3.05, 3.63) is 58.6 Å². The fraction of sp³-hybridized carbons (Fsp3) is 0.294. The van der Waals surface area contributed by atoms with E-state index in [9.17, 15) is 0 Å². The molecule has 0 saturated carbocycles. The highest BCUT2D eigenvalue weighted by Gasteiger charge is 2.19. The number of benzene rings is 2. The molecule has 2 aromatic rings. The topological polar surface area (TPSA) is 12.0 Å². The molecule has 0 amide bonds. The van der Waals surface area contributed by atoms with Crippen molar-refractivity contribution in [3.8, 4) is 11.1 Å².